The predicted octanol–water partition coefficient (Wildman–Crippen LogP) is 5.60. The molecule has 2 rings (SSSR count). The van der Waals surface area contributed by atoms with Crippen LogP contribution in [0.3, 0.4) is 0 Å². The zero-order chi connectivity index (χ0) is 22.3. The number of rotatable bonds is 11. The lowest BCUT2D eigenvalue weighted by Gasteiger charge is -2.24. The molecule has 8 heteroatoms. The van der Waals surface area contributed by atoms with Crippen LogP contribution in [0.25, 0.3) is 0 Å². The zero-order valence-electron chi connectivity index (χ0n) is 17.7. The molecule has 1 aliphatic carbocycles. The van der Waals surface area contributed by atoms with Crippen molar-refractivity contribution in [3.63, 3.8) is 0 Å². The summed E-state index contributed by atoms with van der Waals surface area (Å²) < 4.78 is 51.0. The first-order valence-electron chi connectivity index (χ1n) is 11.0. The highest BCUT2D eigenvalue weighted by Gasteiger charge is 2.46. The van der Waals surface area contributed by atoms with Gasteiger partial charge in [-0.1, -0.05) is 54.5 Å². The Balaban J connectivity index is 1.88. The van der Waals surface area contributed by atoms with Gasteiger partial charge in [-0.05, 0) is 50.4 Å². The first kappa shape index (κ1) is 25.9. The summed E-state index contributed by atoms with van der Waals surface area (Å²) in [6.45, 7) is 1.85. The average Bonchev–Trinajstić information content (AvgIpc) is 3.26. The average molecular weight is 546 g/mol. The second-order valence-corrected chi connectivity index (χ2v) is 10.1. The maximum Gasteiger partial charge on any atom is 0.394 e. The van der Waals surface area contributed by atoms with Gasteiger partial charge in [-0.25, -0.2) is 0 Å². The van der Waals surface area contributed by atoms with Crippen molar-refractivity contribution < 1.29 is 32.5 Å². The van der Waals surface area contributed by atoms with Crippen LogP contribution in [-0.4, -0.2) is 46.6 Å². The van der Waals surface area contributed by atoms with E-state index in [-0.39, 0.29) is 40.4 Å². The molecule has 2 fully saturated rings. The first-order valence-corrected chi connectivity index (χ1v) is 12.2. The molecule has 7 atom stereocenters. The summed E-state index contributed by atoms with van der Waals surface area (Å²) in [5.74, 6) is -1.47. The van der Waals surface area contributed by atoms with Gasteiger partial charge in [0.1, 0.15) is 0 Å². The van der Waals surface area contributed by atoms with E-state index in [4.69, 9.17) is 4.74 Å². The largest absolute Gasteiger partial charge is 0.469 e. The molecule has 0 aromatic heterocycles. The minimum atomic E-state index is -4.39. The Bertz CT molecular complexity index is 569. The van der Waals surface area contributed by atoms with Gasteiger partial charge in [-0.2, -0.15) is 13.2 Å². The Hall–Kier alpha value is -0.350. The van der Waals surface area contributed by atoms with E-state index in [1.165, 1.54) is 13.2 Å². The summed E-state index contributed by atoms with van der Waals surface area (Å²) in [4.78, 5) is 11.3. The van der Waals surface area contributed by atoms with E-state index in [1.807, 2.05) is 6.92 Å². The topological polar surface area (TPSA) is 55.8 Å². The van der Waals surface area contributed by atoms with Crippen molar-refractivity contribution in [3.8, 4) is 0 Å². The maximum atomic E-state index is 13.3. The van der Waals surface area contributed by atoms with E-state index >= 15 is 0 Å². The smallest absolute Gasteiger partial charge is 0.394 e. The zero-order valence-corrected chi connectivity index (χ0v) is 19.9. The van der Waals surface area contributed by atoms with E-state index in [1.54, 1.807) is 6.08 Å². The van der Waals surface area contributed by atoms with Crippen LogP contribution in [0.15, 0.2) is 12.2 Å². The number of carbonyl (C=O) groups is 1. The number of ether oxygens (including phenoxy) is 2. The van der Waals surface area contributed by atoms with Gasteiger partial charge in [-0.15, -0.1) is 0 Å². The Morgan fingerprint density at radius 1 is 1.30 bits per heavy atom. The molecule has 30 heavy (non-hydrogen) atoms. The number of unbranched alkanes of at least 4 members (excludes halogenated alkanes) is 1. The lowest BCUT2D eigenvalue weighted by atomic mass is 9.88. The molecule has 0 radical (unpaired) electrons. The molecular weight excluding hydrogens is 512 g/mol. The van der Waals surface area contributed by atoms with Crippen molar-refractivity contribution in [2.24, 2.45) is 17.8 Å². The normalized spacial score (nSPS) is 29.7. The highest BCUT2D eigenvalue weighted by atomic mass is 127. The number of methoxy groups -OCH3 is 1. The molecule has 1 saturated heterocycles. The van der Waals surface area contributed by atoms with Crippen LogP contribution in [0.5, 0.6) is 0 Å². The Morgan fingerprint density at radius 2 is 2.03 bits per heavy atom. The lowest BCUT2D eigenvalue weighted by Crippen LogP contribution is -2.33. The van der Waals surface area contributed by atoms with Crippen LogP contribution in [0.1, 0.15) is 64.7 Å². The van der Waals surface area contributed by atoms with Crippen molar-refractivity contribution in [3.05, 3.63) is 12.2 Å². The summed E-state index contributed by atoms with van der Waals surface area (Å²) in [6, 6.07) is 0. The molecule has 1 aliphatic heterocycles. The van der Waals surface area contributed by atoms with Crippen LogP contribution < -0.4 is 0 Å². The van der Waals surface area contributed by atoms with E-state index in [0.29, 0.717) is 19.3 Å². The van der Waals surface area contributed by atoms with E-state index in [0.717, 1.165) is 32.1 Å². The molecule has 174 valence electrons. The summed E-state index contributed by atoms with van der Waals surface area (Å²) in [7, 11) is 1.39. The van der Waals surface area contributed by atoms with Crippen LogP contribution in [0, 0.1) is 17.8 Å². The number of esters is 1. The van der Waals surface area contributed by atoms with Gasteiger partial charge in [0.05, 0.1) is 31.3 Å². The first-order chi connectivity index (χ1) is 14.2. The Morgan fingerprint density at radius 3 is 2.67 bits per heavy atom. The number of allylic oxidation sites excluding steroid dienone is 1. The summed E-state index contributed by atoms with van der Waals surface area (Å²) >= 11 is 2.37. The van der Waals surface area contributed by atoms with E-state index in [2.05, 4.69) is 27.3 Å². The number of hydrogen-bond acceptors (Lipinski definition) is 4. The van der Waals surface area contributed by atoms with Crippen LogP contribution in [0.4, 0.5) is 13.2 Å². The van der Waals surface area contributed by atoms with Crippen LogP contribution in [-0.2, 0) is 14.3 Å². The van der Waals surface area contributed by atoms with Gasteiger partial charge in [0.25, 0.3) is 0 Å². The van der Waals surface area contributed by atoms with Crippen molar-refractivity contribution in [1.82, 2.24) is 0 Å². The van der Waals surface area contributed by atoms with E-state index < -0.39 is 18.2 Å². The monoisotopic (exact) mass is 546 g/mol. The summed E-state index contributed by atoms with van der Waals surface area (Å²) in [5.41, 5.74) is 0. The number of alkyl halides is 4. The summed E-state index contributed by atoms with van der Waals surface area (Å²) in [6.07, 6.45) is 3.26. The van der Waals surface area contributed by atoms with Gasteiger partial charge >= 0.3 is 12.1 Å². The molecule has 0 aromatic carbocycles. The molecule has 2 aliphatic rings. The van der Waals surface area contributed by atoms with Crippen molar-refractivity contribution in [1.29, 1.82) is 0 Å². The maximum absolute atomic E-state index is 13.3. The molecule has 1 heterocycles. The molecule has 0 unspecified atom stereocenters. The van der Waals surface area contributed by atoms with Gasteiger partial charge in [0.15, 0.2) is 0 Å². The molecule has 0 bridgehead atoms. The number of fused-ring (bicyclic) bond motifs is 1. The Kier molecular flexibility index (Phi) is 10.4. The number of halogens is 4. The number of aliphatic hydroxyl groups is 1. The van der Waals surface area contributed by atoms with Crippen molar-refractivity contribution in [2.75, 3.05) is 7.11 Å². The highest BCUT2D eigenvalue weighted by molar-refractivity contribution is 14.1. The SMILES string of the molecule is CCCC[C@H]([C@H](O)/C=C/[C@H]1CC[C@@H]2O[C@@H]([C@H](I)CCCC(=O)OC)C[C@@H]21)C(F)(F)F. The van der Waals surface area contributed by atoms with Crippen molar-refractivity contribution in [2.45, 2.75) is 93.1 Å². The van der Waals surface area contributed by atoms with Crippen molar-refractivity contribution >= 4 is 28.6 Å². The highest BCUT2D eigenvalue weighted by Crippen LogP contribution is 2.46. The fraction of sp³-hybridized carbons (Fsp3) is 0.864. The number of aliphatic hydroxyl groups excluding tert-OH is 1. The molecule has 0 aromatic rings. The minimum absolute atomic E-state index is 0.0461. The number of carbonyl (C=O) groups excluding carboxylic acids is 1. The van der Waals surface area contributed by atoms with E-state index in [9.17, 15) is 23.1 Å². The standard InChI is InChI=1S/C22H34F3IO4/c1-3-4-6-16(22(23,24)25)18(27)11-9-14-10-12-19-15(14)13-20(30-19)17(26)7-5-8-21(28)29-2/h9,11,14-20,27H,3-8,10,12-13H2,1-2H3/b11-9+/t14-,15+,16+,17+,18+,19-,20+/m0/s1. The summed E-state index contributed by atoms with van der Waals surface area (Å²) in [5, 5.41) is 10.2. The molecule has 4 nitrogen and oxygen atoms in total. The third-order valence-corrected chi connectivity index (χ3v) is 7.84. The molecule has 0 amide bonds. The minimum Gasteiger partial charge on any atom is -0.469 e. The van der Waals surface area contributed by atoms with Gasteiger partial charge < -0.3 is 14.6 Å². The Labute approximate surface area is 191 Å². The second kappa shape index (κ2) is 12.0. The molecule has 1 saturated carbocycles. The molecule has 1 N–H and O–H groups in total. The molecular formula is C22H34F3IO4. The predicted molar refractivity (Wildman–Crippen MR) is 117 cm³/mol. The number of hydrogen-bond donors (Lipinski definition) is 1. The second-order valence-electron chi connectivity index (χ2n) is 8.50. The van der Waals surface area contributed by atoms with Gasteiger partial charge in [0.2, 0.25) is 0 Å². The lowest BCUT2D eigenvalue weighted by molar-refractivity contribution is -0.195. The third kappa shape index (κ3) is 7.36. The van der Waals surface area contributed by atoms with Gasteiger partial charge in [0, 0.05) is 10.3 Å². The third-order valence-electron chi connectivity index (χ3n) is 6.41. The van der Waals surface area contributed by atoms with Crippen LogP contribution >= 0.6 is 22.6 Å². The van der Waals surface area contributed by atoms with Crippen LogP contribution in [0.2, 0.25) is 0 Å². The fourth-order valence-corrected chi connectivity index (χ4v) is 5.55. The van der Waals surface area contributed by atoms with Gasteiger partial charge in [-0.3, -0.25) is 4.79 Å². The quantitative estimate of drug-likeness (QED) is 0.159. The fourth-order valence-electron chi connectivity index (χ4n) is 4.65. The molecule has 0 spiro atoms.